The van der Waals surface area contributed by atoms with Crippen LogP contribution in [0.15, 0.2) is 53.1 Å². The molecular weight excluding hydrogens is 294 g/mol. The standard InChI is InChI=1S/C18H21NO4/c1-13(2)16(23-18(21)15-9-6-12-22-15)17(20)19-11-10-14-7-4-3-5-8-14/h3-9,12-13,16H,10-11H2,1-2H3,(H,19,20)/t16-/m1/s1. The Morgan fingerprint density at radius 3 is 2.48 bits per heavy atom. The molecule has 122 valence electrons. The minimum atomic E-state index is -0.844. The fraction of sp³-hybridized carbons (Fsp3) is 0.333. The largest absolute Gasteiger partial charge is 0.457 e. The highest BCUT2D eigenvalue weighted by Crippen LogP contribution is 2.11. The Bertz CT molecular complexity index is 620. The summed E-state index contributed by atoms with van der Waals surface area (Å²) in [5.41, 5.74) is 1.14. The third kappa shape index (κ3) is 4.98. The third-order valence-corrected chi connectivity index (χ3v) is 3.38. The lowest BCUT2D eigenvalue weighted by Crippen LogP contribution is -2.41. The Kier molecular flexibility index (Phi) is 5.97. The quantitative estimate of drug-likeness (QED) is 0.798. The molecule has 0 fully saturated rings. The van der Waals surface area contributed by atoms with Gasteiger partial charge in [-0.05, 0) is 30.0 Å². The summed E-state index contributed by atoms with van der Waals surface area (Å²) in [4.78, 5) is 24.2. The lowest BCUT2D eigenvalue weighted by atomic mass is 10.1. The van der Waals surface area contributed by atoms with Crippen LogP contribution in [0.4, 0.5) is 0 Å². The van der Waals surface area contributed by atoms with Gasteiger partial charge in [-0.2, -0.15) is 0 Å². The number of hydrogen-bond acceptors (Lipinski definition) is 4. The molecule has 0 saturated carbocycles. The maximum Gasteiger partial charge on any atom is 0.375 e. The Morgan fingerprint density at radius 2 is 1.87 bits per heavy atom. The van der Waals surface area contributed by atoms with Gasteiger partial charge in [0.05, 0.1) is 6.26 Å². The van der Waals surface area contributed by atoms with Crippen LogP contribution in [0.2, 0.25) is 0 Å². The second kappa shape index (κ2) is 8.17. The summed E-state index contributed by atoms with van der Waals surface area (Å²) in [6.45, 7) is 4.15. The van der Waals surface area contributed by atoms with Crippen LogP contribution in [0.5, 0.6) is 0 Å². The molecule has 0 unspecified atom stereocenters. The number of carbonyl (C=O) groups is 2. The zero-order chi connectivity index (χ0) is 16.7. The van der Waals surface area contributed by atoms with Crippen LogP contribution < -0.4 is 5.32 Å². The lowest BCUT2D eigenvalue weighted by molar-refractivity contribution is -0.132. The minimum absolute atomic E-state index is 0.0905. The molecule has 1 aromatic heterocycles. The van der Waals surface area contributed by atoms with Gasteiger partial charge in [-0.25, -0.2) is 4.79 Å². The summed E-state index contributed by atoms with van der Waals surface area (Å²) in [7, 11) is 0. The van der Waals surface area contributed by atoms with Gasteiger partial charge in [0.2, 0.25) is 5.76 Å². The molecule has 0 saturated heterocycles. The summed E-state index contributed by atoms with van der Waals surface area (Å²) >= 11 is 0. The van der Waals surface area contributed by atoms with Crippen molar-refractivity contribution < 1.29 is 18.7 Å². The molecule has 2 rings (SSSR count). The van der Waals surface area contributed by atoms with Crippen LogP contribution in [-0.4, -0.2) is 24.5 Å². The maximum absolute atomic E-state index is 12.3. The molecule has 0 spiro atoms. The predicted molar refractivity (Wildman–Crippen MR) is 85.9 cm³/mol. The third-order valence-electron chi connectivity index (χ3n) is 3.38. The second-order valence-electron chi connectivity index (χ2n) is 5.57. The van der Waals surface area contributed by atoms with Crippen molar-refractivity contribution >= 4 is 11.9 Å². The van der Waals surface area contributed by atoms with Crippen molar-refractivity contribution in [3.05, 3.63) is 60.1 Å². The van der Waals surface area contributed by atoms with E-state index in [1.54, 1.807) is 6.07 Å². The fourth-order valence-electron chi connectivity index (χ4n) is 2.14. The monoisotopic (exact) mass is 315 g/mol. The van der Waals surface area contributed by atoms with E-state index in [-0.39, 0.29) is 17.6 Å². The van der Waals surface area contributed by atoms with Gasteiger partial charge in [0, 0.05) is 6.54 Å². The summed E-state index contributed by atoms with van der Waals surface area (Å²) in [5, 5.41) is 2.82. The summed E-state index contributed by atoms with van der Waals surface area (Å²) in [6.07, 6.45) is 1.27. The van der Waals surface area contributed by atoms with Crippen molar-refractivity contribution in [1.29, 1.82) is 0 Å². The normalized spacial score (nSPS) is 12.0. The van der Waals surface area contributed by atoms with Gasteiger partial charge in [0.15, 0.2) is 6.10 Å². The van der Waals surface area contributed by atoms with E-state index >= 15 is 0 Å². The minimum Gasteiger partial charge on any atom is -0.457 e. The van der Waals surface area contributed by atoms with Crippen molar-refractivity contribution in [3.8, 4) is 0 Å². The van der Waals surface area contributed by atoms with E-state index in [9.17, 15) is 9.59 Å². The molecule has 1 heterocycles. The Morgan fingerprint density at radius 1 is 1.13 bits per heavy atom. The van der Waals surface area contributed by atoms with E-state index in [1.165, 1.54) is 12.3 Å². The molecular formula is C18H21NO4. The zero-order valence-corrected chi connectivity index (χ0v) is 13.3. The molecule has 5 nitrogen and oxygen atoms in total. The first-order valence-corrected chi connectivity index (χ1v) is 7.64. The smallest absolute Gasteiger partial charge is 0.375 e. The van der Waals surface area contributed by atoms with E-state index in [0.29, 0.717) is 6.54 Å². The summed E-state index contributed by atoms with van der Waals surface area (Å²) < 4.78 is 10.3. The first-order chi connectivity index (χ1) is 11.1. The average Bonchev–Trinajstić information content (AvgIpc) is 3.07. The number of amides is 1. The molecule has 0 aliphatic heterocycles. The van der Waals surface area contributed by atoms with Gasteiger partial charge in [-0.1, -0.05) is 44.2 Å². The lowest BCUT2D eigenvalue weighted by Gasteiger charge is -2.20. The van der Waals surface area contributed by atoms with E-state index in [0.717, 1.165) is 12.0 Å². The van der Waals surface area contributed by atoms with Gasteiger partial charge >= 0.3 is 5.97 Å². The second-order valence-corrected chi connectivity index (χ2v) is 5.57. The van der Waals surface area contributed by atoms with Crippen LogP contribution in [0.1, 0.15) is 30.0 Å². The Balaban J connectivity index is 1.87. The number of nitrogens with one attached hydrogen (secondary N) is 1. The highest BCUT2D eigenvalue weighted by atomic mass is 16.6. The van der Waals surface area contributed by atoms with Gasteiger partial charge < -0.3 is 14.5 Å². The number of ether oxygens (including phenoxy) is 1. The molecule has 0 aliphatic rings. The van der Waals surface area contributed by atoms with Crippen LogP contribution in [0, 0.1) is 5.92 Å². The van der Waals surface area contributed by atoms with Gasteiger partial charge in [0.1, 0.15) is 0 Å². The number of benzene rings is 1. The van der Waals surface area contributed by atoms with E-state index in [4.69, 9.17) is 9.15 Å². The molecule has 0 aliphatic carbocycles. The van der Waals surface area contributed by atoms with Gasteiger partial charge in [-0.3, -0.25) is 4.79 Å². The van der Waals surface area contributed by atoms with E-state index < -0.39 is 12.1 Å². The molecule has 23 heavy (non-hydrogen) atoms. The SMILES string of the molecule is CC(C)[C@@H](OC(=O)c1ccco1)C(=O)NCCc1ccccc1. The zero-order valence-electron chi connectivity index (χ0n) is 13.3. The number of carbonyl (C=O) groups excluding carboxylic acids is 2. The molecule has 0 bridgehead atoms. The number of esters is 1. The molecule has 1 atom stereocenters. The van der Waals surface area contributed by atoms with Gasteiger partial charge in [-0.15, -0.1) is 0 Å². The Labute approximate surface area is 135 Å². The molecule has 2 aromatic rings. The van der Waals surface area contributed by atoms with E-state index in [1.807, 2.05) is 44.2 Å². The Hall–Kier alpha value is -2.56. The molecule has 0 radical (unpaired) electrons. The van der Waals surface area contributed by atoms with Crippen LogP contribution >= 0.6 is 0 Å². The fourth-order valence-corrected chi connectivity index (χ4v) is 2.14. The van der Waals surface area contributed by atoms with Crippen molar-refractivity contribution in [1.82, 2.24) is 5.32 Å². The molecule has 1 N–H and O–H groups in total. The van der Waals surface area contributed by atoms with Gasteiger partial charge in [0.25, 0.3) is 5.91 Å². The number of hydrogen-bond donors (Lipinski definition) is 1. The maximum atomic E-state index is 12.3. The predicted octanol–water partition coefficient (Wildman–Crippen LogP) is 2.82. The van der Waals surface area contributed by atoms with Crippen LogP contribution in [0.25, 0.3) is 0 Å². The van der Waals surface area contributed by atoms with Crippen LogP contribution in [-0.2, 0) is 16.0 Å². The summed E-state index contributed by atoms with van der Waals surface area (Å²) in [6, 6.07) is 13.0. The first kappa shape index (κ1) is 16.8. The number of rotatable bonds is 7. The van der Waals surface area contributed by atoms with Crippen molar-refractivity contribution in [3.63, 3.8) is 0 Å². The van der Waals surface area contributed by atoms with Crippen molar-refractivity contribution in [2.24, 2.45) is 5.92 Å². The molecule has 1 aromatic carbocycles. The van der Waals surface area contributed by atoms with Crippen molar-refractivity contribution in [2.75, 3.05) is 6.54 Å². The molecule has 5 heteroatoms. The van der Waals surface area contributed by atoms with E-state index in [2.05, 4.69) is 5.32 Å². The molecule has 1 amide bonds. The van der Waals surface area contributed by atoms with Crippen molar-refractivity contribution in [2.45, 2.75) is 26.4 Å². The first-order valence-electron chi connectivity index (χ1n) is 7.64. The highest BCUT2D eigenvalue weighted by Gasteiger charge is 2.27. The average molecular weight is 315 g/mol. The van der Waals surface area contributed by atoms with Crippen LogP contribution in [0.3, 0.4) is 0 Å². The highest BCUT2D eigenvalue weighted by molar-refractivity contribution is 5.90. The number of furan rings is 1. The topological polar surface area (TPSA) is 68.5 Å². The summed E-state index contributed by atoms with van der Waals surface area (Å²) in [5.74, 6) is -0.971.